The Labute approximate surface area is 143 Å². The molecule has 0 saturated heterocycles. The minimum Gasteiger partial charge on any atom is -0.478 e. The quantitative estimate of drug-likeness (QED) is 0.834. The summed E-state index contributed by atoms with van der Waals surface area (Å²) in [5, 5.41) is 13.4. The van der Waals surface area contributed by atoms with E-state index in [1.54, 1.807) is 0 Å². The Balaban J connectivity index is 2.25. The molecule has 23 heavy (non-hydrogen) atoms. The molecule has 2 N–H and O–H groups in total. The van der Waals surface area contributed by atoms with Gasteiger partial charge in [0.2, 0.25) is 0 Å². The fraction of sp³-hybridized carbons (Fsp3) is 0.611. The summed E-state index contributed by atoms with van der Waals surface area (Å²) >= 11 is 6.13. The number of anilines is 1. The van der Waals surface area contributed by atoms with Gasteiger partial charge in [0.1, 0.15) is 0 Å². The van der Waals surface area contributed by atoms with Crippen LogP contribution >= 0.6 is 11.6 Å². The highest BCUT2D eigenvalue weighted by atomic mass is 35.5. The van der Waals surface area contributed by atoms with Crippen LogP contribution in [0.1, 0.15) is 54.9 Å². The molecule has 4 nitrogen and oxygen atoms in total. The summed E-state index contributed by atoms with van der Waals surface area (Å²) in [6.07, 6.45) is 5.49. The summed E-state index contributed by atoms with van der Waals surface area (Å²) in [4.78, 5) is 13.7. The van der Waals surface area contributed by atoms with E-state index in [2.05, 4.69) is 31.2 Å². The van der Waals surface area contributed by atoms with Gasteiger partial charge in [-0.3, -0.25) is 0 Å². The van der Waals surface area contributed by atoms with Crippen molar-refractivity contribution in [2.75, 3.05) is 19.4 Å². The van der Waals surface area contributed by atoms with Crippen LogP contribution in [0.3, 0.4) is 0 Å². The Bertz CT molecular complexity index is 579. The maximum Gasteiger partial charge on any atom is 0.336 e. The van der Waals surface area contributed by atoms with Gasteiger partial charge in [0, 0.05) is 22.3 Å². The molecule has 0 aromatic heterocycles. The minimum atomic E-state index is -0.935. The molecule has 1 aromatic rings. The number of carboxylic acids is 1. The van der Waals surface area contributed by atoms with Crippen molar-refractivity contribution in [2.24, 2.45) is 0 Å². The van der Waals surface area contributed by atoms with E-state index in [0.29, 0.717) is 11.1 Å². The molecule has 0 unspecified atom stereocenters. The molecule has 1 aliphatic rings. The monoisotopic (exact) mass is 338 g/mol. The number of nitrogens with zero attached hydrogens (tertiary/aromatic N) is 1. The van der Waals surface area contributed by atoms with Crippen LogP contribution in [0.2, 0.25) is 5.02 Å². The lowest BCUT2D eigenvalue weighted by molar-refractivity contribution is 0.0696. The lowest BCUT2D eigenvalue weighted by Gasteiger charge is -2.43. The molecule has 128 valence electrons. The Morgan fingerprint density at radius 2 is 2.00 bits per heavy atom. The third kappa shape index (κ3) is 3.99. The number of aromatic carboxylic acids is 1. The molecule has 1 fully saturated rings. The molecule has 0 atom stereocenters. The van der Waals surface area contributed by atoms with Gasteiger partial charge in [-0.15, -0.1) is 0 Å². The van der Waals surface area contributed by atoms with Crippen molar-refractivity contribution in [1.29, 1.82) is 0 Å². The van der Waals surface area contributed by atoms with Crippen molar-refractivity contribution >= 4 is 23.3 Å². The highest BCUT2D eigenvalue weighted by molar-refractivity contribution is 6.31. The first-order valence-electron chi connectivity index (χ1n) is 8.26. The first kappa shape index (κ1) is 18.1. The van der Waals surface area contributed by atoms with Crippen LogP contribution in [0.5, 0.6) is 0 Å². The van der Waals surface area contributed by atoms with Crippen LogP contribution in [0.25, 0.3) is 0 Å². The molecule has 0 radical (unpaired) electrons. The summed E-state index contributed by atoms with van der Waals surface area (Å²) in [6.45, 7) is 4.04. The second-order valence-electron chi connectivity index (χ2n) is 6.88. The number of benzene rings is 1. The van der Waals surface area contributed by atoms with Crippen LogP contribution in [-0.2, 0) is 0 Å². The molecule has 0 heterocycles. The SMILES string of the molecule is CC[C@]1(Nc2cc(Cl)cc(C(=O)O)c2C)CC[C@@H](N(C)C)CC1. The second-order valence-corrected chi connectivity index (χ2v) is 7.32. The molecule has 0 amide bonds. The standard InChI is InChI=1S/C18H27ClN2O2/c1-5-18(8-6-14(7-9-18)21(3)4)20-16-11-13(19)10-15(12(16)2)17(22)23/h10-11,14,20H,5-9H2,1-4H3,(H,22,23)/t14-,18+. The molecule has 1 saturated carbocycles. The van der Waals surface area contributed by atoms with E-state index in [4.69, 9.17) is 11.6 Å². The van der Waals surface area contributed by atoms with Crippen molar-refractivity contribution in [3.63, 3.8) is 0 Å². The summed E-state index contributed by atoms with van der Waals surface area (Å²) in [7, 11) is 4.27. The fourth-order valence-corrected chi connectivity index (χ4v) is 3.77. The Hall–Kier alpha value is -1.26. The lowest BCUT2D eigenvalue weighted by Crippen LogP contribution is -2.45. The predicted molar refractivity (Wildman–Crippen MR) is 95.7 cm³/mol. The number of rotatable bonds is 5. The van der Waals surface area contributed by atoms with Crippen LogP contribution in [0.4, 0.5) is 5.69 Å². The van der Waals surface area contributed by atoms with Gasteiger partial charge in [-0.25, -0.2) is 4.79 Å². The molecule has 1 aromatic carbocycles. The van der Waals surface area contributed by atoms with Gasteiger partial charge in [0.05, 0.1) is 5.56 Å². The summed E-state index contributed by atoms with van der Waals surface area (Å²) in [6, 6.07) is 4.00. The molecular formula is C18H27ClN2O2. The average Bonchev–Trinajstić information content (AvgIpc) is 2.50. The first-order chi connectivity index (χ1) is 10.8. The van der Waals surface area contributed by atoms with Gasteiger partial charge in [0.15, 0.2) is 0 Å². The van der Waals surface area contributed by atoms with Crippen molar-refractivity contribution in [2.45, 2.75) is 57.5 Å². The number of nitrogens with one attached hydrogen (secondary N) is 1. The number of carbonyl (C=O) groups is 1. The second kappa shape index (κ2) is 7.10. The summed E-state index contributed by atoms with van der Waals surface area (Å²) in [5.74, 6) is -0.935. The first-order valence-corrected chi connectivity index (χ1v) is 8.64. The van der Waals surface area contributed by atoms with Gasteiger partial charge in [-0.2, -0.15) is 0 Å². The van der Waals surface area contributed by atoms with E-state index in [1.165, 1.54) is 6.07 Å². The smallest absolute Gasteiger partial charge is 0.336 e. The molecule has 0 spiro atoms. The molecule has 0 bridgehead atoms. The summed E-state index contributed by atoms with van der Waals surface area (Å²) in [5.41, 5.74) is 1.90. The van der Waals surface area contributed by atoms with Gasteiger partial charge in [-0.05, 0) is 70.8 Å². The number of hydrogen-bond acceptors (Lipinski definition) is 3. The van der Waals surface area contributed by atoms with Crippen LogP contribution < -0.4 is 5.32 Å². The normalized spacial score (nSPS) is 24.7. The lowest BCUT2D eigenvalue weighted by atomic mass is 9.77. The third-order valence-corrected chi connectivity index (χ3v) is 5.54. The zero-order valence-electron chi connectivity index (χ0n) is 14.4. The average molecular weight is 339 g/mol. The largest absolute Gasteiger partial charge is 0.478 e. The van der Waals surface area contributed by atoms with Crippen molar-refractivity contribution < 1.29 is 9.90 Å². The minimum absolute atomic E-state index is 0.0255. The zero-order chi connectivity index (χ0) is 17.2. The van der Waals surface area contributed by atoms with E-state index < -0.39 is 5.97 Å². The van der Waals surface area contributed by atoms with Crippen LogP contribution in [-0.4, -0.2) is 41.7 Å². The third-order valence-electron chi connectivity index (χ3n) is 5.32. The molecule has 0 aliphatic heterocycles. The topological polar surface area (TPSA) is 52.6 Å². The molecule has 1 aliphatic carbocycles. The maximum atomic E-state index is 11.4. The van der Waals surface area contributed by atoms with E-state index in [1.807, 2.05) is 13.0 Å². The number of hydrogen-bond donors (Lipinski definition) is 2. The van der Waals surface area contributed by atoms with Crippen molar-refractivity contribution in [1.82, 2.24) is 4.90 Å². The van der Waals surface area contributed by atoms with Crippen LogP contribution in [0.15, 0.2) is 12.1 Å². The van der Waals surface area contributed by atoms with Gasteiger partial charge >= 0.3 is 5.97 Å². The Morgan fingerprint density at radius 3 is 2.48 bits per heavy atom. The van der Waals surface area contributed by atoms with Crippen molar-refractivity contribution in [3.05, 3.63) is 28.3 Å². The van der Waals surface area contributed by atoms with Gasteiger partial charge in [0.25, 0.3) is 0 Å². The predicted octanol–water partition coefficient (Wildman–Crippen LogP) is 4.41. The Morgan fingerprint density at radius 1 is 1.39 bits per heavy atom. The highest BCUT2D eigenvalue weighted by Crippen LogP contribution is 2.37. The summed E-state index contributed by atoms with van der Waals surface area (Å²) < 4.78 is 0. The van der Waals surface area contributed by atoms with Gasteiger partial charge in [-0.1, -0.05) is 18.5 Å². The maximum absolute atomic E-state index is 11.4. The molecule has 5 heteroatoms. The van der Waals surface area contributed by atoms with E-state index in [0.717, 1.165) is 43.4 Å². The zero-order valence-corrected chi connectivity index (χ0v) is 15.2. The molecule has 2 rings (SSSR count). The molecular weight excluding hydrogens is 312 g/mol. The number of halogens is 1. The van der Waals surface area contributed by atoms with Gasteiger partial charge < -0.3 is 15.3 Å². The van der Waals surface area contributed by atoms with E-state index >= 15 is 0 Å². The fourth-order valence-electron chi connectivity index (χ4n) is 3.56. The highest BCUT2D eigenvalue weighted by Gasteiger charge is 2.35. The number of carboxylic acid groups (broad SMARTS) is 1. The Kier molecular flexibility index (Phi) is 5.58. The van der Waals surface area contributed by atoms with Crippen molar-refractivity contribution in [3.8, 4) is 0 Å². The van der Waals surface area contributed by atoms with Crippen LogP contribution in [0, 0.1) is 6.92 Å². The van der Waals surface area contributed by atoms with E-state index in [-0.39, 0.29) is 11.1 Å². The van der Waals surface area contributed by atoms with E-state index in [9.17, 15) is 9.90 Å².